The Labute approximate surface area is 136 Å². The maximum absolute atomic E-state index is 9.72. The number of aliphatic hydroxyl groups excluding tert-OH is 3. The molecule has 1 unspecified atom stereocenters. The fourth-order valence-electron chi connectivity index (χ4n) is 2.46. The molecule has 0 amide bonds. The van der Waals surface area contributed by atoms with E-state index in [4.69, 9.17) is 10.8 Å². The van der Waals surface area contributed by atoms with E-state index in [0.717, 1.165) is 19.3 Å². The van der Waals surface area contributed by atoms with Crippen LogP contribution in [0.25, 0.3) is 0 Å². The SMILES string of the molecule is CCCCCCCCC/C=C/CCCC(O)[C@@H](O)[C@@H](N)CO. The van der Waals surface area contributed by atoms with E-state index in [2.05, 4.69) is 19.1 Å². The lowest BCUT2D eigenvalue weighted by Gasteiger charge is -2.21. The van der Waals surface area contributed by atoms with Crippen molar-refractivity contribution in [3.63, 3.8) is 0 Å². The molecule has 0 radical (unpaired) electrons. The molecule has 0 aliphatic carbocycles. The van der Waals surface area contributed by atoms with E-state index in [-0.39, 0.29) is 6.61 Å². The van der Waals surface area contributed by atoms with Gasteiger partial charge < -0.3 is 21.1 Å². The minimum Gasteiger partial charge on any atom is -0.395 e. The first-order valence-electron chi connectivity index (χ1n) is 9.01. The molecule has 0 fully saturated rings. The van der Waals surface area contributed by atoms with Crippen LogP contribution in [0.1, 0.15) is 77.6 Å². The van der Waals surface area contributed by atoms with Crippen molar-refractivity contribution in [2.24, 2.45) is 5.73 Å². The van der Waals surface area contributed by atoms with Gasteiger partial charge in [0.25, 0.3) is 0 Å². The molecule has 0 rings (SSSR count). The zero-order chi connectivity index (χ0) is 16.6. The molecule has 4 nitrogen and oxygen atoms in total. The van der Waals surface area contributed by atoms with E-state index in [1.54, 1.807) is 0 Å². The van der Waals surface area contributed by atoms with Gasteiger partial charge in [-0.25, -0.2) is 0 Å². The van der Waals surface area contributed by atoms with Crippen LogP contribution in [0.2, 0.25) is 0 Å². The summed E-state index contributed by atoms with van der Waals surface area (Å²) in [6, 6.07) is -0.761. The average Bonchev–Trinajstić information content (AvgIpc) is 2.54. The van der Waals surface area contributed by atoms with Gasteiger partial charge in [-0.3, -0.25) is 0 Å². The van der Waals surface area contributed by atoms with Crippen molar-refractivity contribution in [1.29, 1.82) is 0 Å². The molecule has 0 aromatic heterocycles. The molecule has 4 heteroatoms. The minimum atomic E-state index is -1.04. The first-order chi connectivity index (χ1) is 10.6. The quantitative estimate of drug-likeness (QED) is 0.276. The van der Waals surface area contributed by atoms with E-state index >= 15 is 0 Å². The maximum atomic E-state index is 9.72. The molecule has 5 N–H and O–H groups in total. The lowest BCUT2D eigenvalue weighted by molar-refractivity contribution is -0.0117. The minimum absolute atomic E-state index is 0.309. The summed E-state index contributed by atoms with van der Waals surface area (Å²) in [6.07, 6.45) is 15.2. The Morgan fingerprint density at radius 2 is 1.41 bits per heavy atom. The molecule has 0 heterocycles. The lowest BCUT2D eigenvalue weighted by Crippen LogP contribution is -2.45. The Morgan fingerprint density at radius 1 is 0.864 bits per heavy atom. The summed E-state index contributed by atoms with van der Waals surface area (Å²) >= 11 is 0. The highest BCUT2D eigenvalue weighted by Gasteiger charge is 2.21. The van der Waals surface area contributed by atoms with E-state index in [9.17, 15) is 10.2 Å². The molecule has 0 aliphatic heterocycles. The fraction of sp³-hybridized carbons (Fsp3) is 0.889. The summed E-state index contributed by atoms with van der Waals surface area (Å²) in [5.74, 6) is 0. The second kappa shape index (κ2) is 15.5. The van der Waals surface area contributed by atoms with Crippen LogP contribution in [0.3, 0.4) is 0 Å². The number of unbranched alkanes of at least 4 members (excludes halogenated alkanes) is 8. The smallest absolute Gasteiger partial charge is 0.0971 e. The van der Waals surface area contributed by atoms with Crippen molar-refractivity contribution >= 4 is 0 Å². The third-order valence-corrected chi connectivity index (χ3v) is 4.06. The van der Waals surface area contributed by atoms with Gasteiger partial charge >= 0.3 is 0 Å². The van der Waals surface area contributed by atoms with Crippen LogP contribution >= 0.6 is 0 Å². The van der Waals surface area contributed by atoms with Crippen LogP contribution in [0.5, 0.6) is 0 Å². The van der Waals surface area contributed by atoms with Crippen molar-refractivity contribution in [2.45, 2.75) is 95.8 Å². The third-order valence-electron chi connectivity index (χ3n) is 4.06. The van der Waals surface area contributed by atoms with Crippen LogP contribution in [0.15, 0.2) is 12.2 Å². The molecule has 3 atom stereocenters. The molecular formula is C18H37NO3. The van der Waals surface area contributed by atoms with Gasteiger partial charge in [0, 0.05) is 0 Å². The second-order valence-corrected chi connectivity index (χ2v) is 6.22. The molecule has 0 spiro atoms. The highest BCUT2D eigenvalue weighted by molar-refractivity contribution is 4.83. The van der Waals surface area contributed by atoms with Gasteiger partial charge in [0.2, 0.25) is 0 Å². The first-order valence-corrected chi connectivity index (χ1v) is 9.01. The van der Waals surface area contributed by atoms with Crippen molar-refractivity contribution in [2.75, 3.05) is 6.61 Å². The molecular weight excluding hydrogens is 278 g/mol. The fourth-order valence-corrected chi connectivity index (χ4v) is 2.46. The van der Waals surface area contributed by atoms with E-state index in [1.165, 1.54) is 44.9 Å². The lowest BCUT2D eigenvalue weighted by atomic mass is 10.0. The number of rotatable bonds is 15. The van der Waals surface area contributed by atoms with E-state index in [1.807, 2.05) is 0 Å². The largest absolute Gasteiger partial charge is 0.395 e. The molecule has 0 aromatic rings. The van der Waals surface area contributed by atoms with Crippen LogP contribution in [0, 0.1) is 0 Å². The molecule has 0 saturated carbocycles. The standard InChI is InChI=1S/C18H37NO3/c1-2-3-4-5-6-7-8-9-10-11-12-13-14-17(21)18(22)16(19)15-20/h10-11,16-18,20-22H,2-9,12-15,19H2,1H3/b11-10+/t16-,17?,18-/m0/s1. The molecule has 132 valence electrons. The molecule has 0 aromatic carbocycles. The van der Waals surface area contributed by atoms with Crippen molar-refractivity contribution in [3.05, 3.63) is 12.2 Å². The number of nitrogens with two attached hydrogens (primary N) is 1. The van der Waals surface area contributed by atoms with Crippen molar-refractivity contribution in [1.82, 2.24) is 0 Å². The van der Waals surface area contributed by atoms with Crippen molar-refractivity contribution < 1.29 is 15.3 Å². The molecule has 0 bridgehead atoms. The molecule has 22 heavy (non-hydrogen) atoms. The Bertz CT molecular complexity index is 259. The Morgan fingerprint density at radius 3 is 2.00 bits per heavy atom. The zero-order valence-electron chi connectivity index (χ0n) is 14.3. The van der Waals surface area contributed by atoms with Crippen LogP contribution in [-0.2, 0) is 0 Å². The van der Waals surface area contributed by atoms with Gasteiger partial charge in [0.05, 0.1) is 24.9 Å². The predicted octanol–water partition coefficient (Wildman–Crippen LogP) is 2.90. The van der Waals surface area contributed by atoms with Gasteiger partial charge in [-0.05, 0) is 32.1 Å². The Balaban J connectivity index is 3.40. The van der Waals surface area contributed by atoms with Crippen LogP contribution in [0.4, 0.5) is 0 Å². The van der Waals surface area contributed by atoms with Gasteiger partial charge in [0.1, 0.15) is 0 Å². The number of aliphatic hydroxyl groups is 3. The molecule has 0 aliphatic rings. The first kappa shape index (κ1) is 21.6. The molecule has 0 saturated heterocycles. The van der Waals surface area contributed by atoms with E-state index < -0.39 is 18.2 Å². The van der Waals surface area contributed by atoms with Crippen LogP contribution in [-0.4, -0.2) is 40.2 Å². The monoisotopic (exact) mass is 315 g/mol. The van der Waals surface area contributed by atoms with Gasteiger partial charge in [-0.1, -0.05) is 57.6 Å². The topological polar surface area (TPSA) is 86.7 Å². The summed E-state index contributed by atoms with van der Waals surface area (Å²) in [5, 5.41) is 28.1. The number of hydrogen-bond donors (Lipinski definition) is 4. The second-order valence-electron chi connectivity index (χ2n) is 6.22. The maximum Gasteiger partial charge on any atom is 0.0971 e. The third kappa shape index (κ3) is 12.2. The Kier molecular flexibility index (Phi) is 15.2. The van der Waals surface area contributed by atoms with Crippen LogP contribution < -0.4 is 5.73 Å². The Hall–Kier alpha value is -0.420. The van der Waals surface area contributed by atoms with Crippen molar-refractivity contribution in [3.8, 4) is 0 Å². The predicted molar refractivity (Wildman–Crippen MR) is 92.7 cm³/mol. The summed E-state index contributed by atoms with van der Waals surface area (Å²) < 4.78 is 0. The summed E-state index contributed by atoms with van der Waals surface area (Å²) in [7, 11) is 0. The zero-order valence-corrected chi connectivity index (χ0v) is 14.3. The highest BCUT2D eigenvalue weighted by Crippen LogP contribution is 2.10. The summed E-state index contributed by atoms with van der Waals surface area (Å²) in [5.41, 5.74) is 5.48. The highest BCUT2D eigenvalue weighted by atomic mass is 16.3. The van der Waals surface area contributed by atoms with Gasteiger partial charge in [0.15, 0.2) is 0 Å². The van der Waals surface area contributed by atoms with E-state index in [0.29, 0.717) is 6.42 Å². The van der Waals surface area contributed by atoms with Gasteiger partial charge in [-0.2, -0.15) is 0 Å². The summed E-state index contributed by atoms with van der Waals surface area (Å²) in [6.45, 7) is 1.93. The number of allylic oxidation sites excluding steroid dienone is 2. The average molecular weight is 315 g/mol. The number of hydrogen-bond acceptors (Lipinski definition) is 4. The summed E-state index contributed by atoms with van der Waals surface area (Å²) in [4.78, 5) is 0. The normalized spacial score (nSPS) is 16.0. The van der Waals surface area contributed by atoms with Gasteiger partial charge in [-0.15, -0.1) is 0 Å².